The van der Waals surface area contributed by atoms with E-state index in [1.807, 2.05) is 48.5 Å². The molecule has 0 amide bonds. The zero-order chi connectivity index (χ0) is 28.6. The summed E-state index contributed by atoms with van der Waals surface area (Å²) in [4.78, 5) is 62.2. The number of para-hydroxylation sites is 2. The molecule has 2 aromatic heterocycles. The zero-order valence-electron chi connectivity index (χ0n) is 23.8. The third-order valence-electron chi connectivity index (χ3n) is 8.18. The van der Waals surface area contributed by atoms with Crippen LogP contribution in [-0.4, -0.2) is 33.1 Å². The maximum Gasteiger partial charge on any atom is 0.214 e. The SMILES string of the molecule is CC(C)CCCc1[nH]c2ccccc2c1C1C(=O)C(=O)C(c2c(CCCC(C)C)[nH]c3ccccc23)C(=O)C1=O. The van der Waals surface area contributed by atoms with Crippen LogP contribution in [-0.2, 0) is 32.0 Å². The summed E-state index contributed by atoms with van der Waals surface area (Å²) in [6, 6.07) is 14.9. The van der Waals surface area contributed by atoms with Gasteiger partial charge in [0.15, 0.2) is 0 Å². The maximum absolute atomic E-state index is 13.9. The van der Waals surface area contributed by atoms with Crippen molar-refractivity contribution in [2.75, 3.05) is 0 Å². The monoisotopic (exact) mass is 538 g/mol. The standard InChI is InChI=1S/C34H38N2O4/c1-19(2)11-9-17-25-27(21-13-5-7-15-23(21)35-25)29-31(37)33(39)30(34(40)32(29)38)28-22-14-6-8-16-24(22)36-26(28)18-10-12-20(3)4/h5-8,13-16,19-20,29-30,35-36H,9-12,17-18H2,1-4H3. The summed E-state index contributed by atoms with van der Waals surface area (Å²) in [6.07, 6.45) is 4.97. The van der Waals surface area contributed by atoms with Crippen molar-refractivity contribution in [3.63, 3.8) is 0 Å². The molecular weight excluding hydrogens is 500 g/mol. The smallest absolute Gasteiger partial charge is 0.214 e. The van der Waals surface area contributed by atoms with Gasteiger partial charge in [-0.3, -0.25) is 19.2 Å². The molecule has 6 heteroatoms. The third-order valence-corrected chi connectivity index (χ3v) is 8.18. The average molecular weight is 539 g/mol. The number of hydrogen-bond acceptors (Lipinski definition) is 4. The van der Waals surface area contributed by atoms with Gasteiger partial charge in [0.2, 0.25) is 23.1 Å². The number of fused-ring (bicyclic) bond motifs is 2. The van der Waals surface area contributed by atoms with E-state index < -0.39 is 35.0 Å². The number of nitrogens with one attached hydrogen (secondary N) is 2. The number of aromatic amines is 2. The van der Waals surface area contributed by atoms with E-state index in [2.05, 4.69) is 37.7 Å². The van der Waals surface area contributed by atoms with Crippen LogP contribution in [0.4, 0.5) is 0 Å². The summed E-state index contributed by atoms with van der Waals surface area (Å²) in [5.41, 5.74) is 4.09. The maximum atomic E-state index is 13.9. The minimum atomic E-state index is -1.41. The predicted molar refractivity (Wildman–Crippen MR) is 158 cm³/mol. The van der Waals surface area contributed by atoms with E-state index in [1.165, 1.54) is 0 Å². The number of carbonyl (C=O) groups is 4. The van der Waals surface area contributed by atoms with Crippen LogP contribution in [0.15, 0.2) is 48.5 Å². The molecule has 0 radical (unpaired) electrons. The molecule has 2 aromatic carbocycles. The van der Waals surface area contributed by atoms with Crippen LogP contribution < -0.4 is 0 Å². The fourth-order valence-corrected chi connectivity index (χ4v) is 6.20. The summed E-state index contributed by atoms with van der Waals surface area (Å²) in [6.45, 7) is 8.61. The highest BCUT2D eigenvalue weighted by Crippen LogP contribution is 2.40. The van der Waals surface area contributed by atoms with Gasteiger partial charge in [0.1, 0.15) is 11.8 Å². The Morgan fingerprint density at radius 3 is 1.27 bits per heavy atom. The Kier molecular flexibility index (Phi) is 7.88. The summed E-state index contributed by atoms with van der Waals surface area (Å²) in [5.74, 6) is -4.94. The summed E-state index contributed by atoms with van der Waals surface area (Å²) in [5, 5.41) is 1.43. The molecule has 4 aromatic rings. The molecule has 208 valence electrons. The first-order valence-corrected chi connectivity index (χ1v) is 14.5. The van der Waals surface area contributed by atoms with E-state index in [0.717, 1.165) is 48.1 Å². The second kappa shape index (κ2) is 11.4. The van der Waals surface area contributed by atoms with E-state index in [9.17, 15) is 19.2 Å². The number of H-pyrrole nitrogens is 2. The van der Waals surface area contributed by atoms with Crippen molar-refractivity contribution in [3.05, 3.63) is 71.0 Å². The Bertz CT molecular complexity index is 1450. The van der Waals surface area contributed by atoms with Crippen molar-refractivity contribution in [1.29, 1.82) is 0 Å². The molecular formula is C34H38N2O4. The molecule has 0 saturated heterocycles. The molecule has 0 atom stereocenters. The molecule has 1 saturated carbocycles. The fraction of sp³-hybridized carbons (Fsp3) is 0.412. The molecule has 2 N–H and O–H groups in total. The number of rotatable bonds is 10. The van der Waals surface area contributed by atoms with Crippen molar-refractivity contribution in [2.24, 2.45) is 11.8 Å². The van der Waals surface area contributed by atoms with Gasteiger partial charge in [-0.25, -0.2) is 0 Å². The zero-order valence-corrected chi connectivity index (χ0v) is 23.8. The van der Waals surface area contributed by atoms with Gasteiger partial charge in [0, 0.05) is 33.2 Å². The number of hydrogen-bond donors (Lipinski definition) is 2. The van der Waals surface area contributed by atoms with Gasteiger partial charge in [0.05, 0.1) is 0 Å². The molecule has 2 heterocycles. The number of benzene rings is 2. The van der Waals surface area contributed by atoms with Crippen molar-refractivity contribution >= 4 is 44.9 Å². The lowest BCUT2D eigenvalue weighted by molar-refractivity contribution is -0.151. The van der Waals surface area contributed by atoms with E-state index in [-0.39, 0.29) is 0 Å². The molecule has 0 bridgehead atoms. The lowest BCUT2D eigenvalue weighted by atomic mass is 9.71. The Morgan fingerprint density at radius 2 is 0.925 bits per heavy atom. The van der Waals surface area contributed by atoms with E-state index in [1.54, 1.807) is 0 Å². The van der Waals surface area contributed by atoms with Crippen LogP contribution in [0, 0.1) is 11.8 Å². The van der Waals surface area contributed by atoms with Crippen molar-refractivity contribution in [1.82, 2.24) is 9.97 Å². The van der Waals surface area contributed by atoms with Crippen molar-refractivity contribution < 1.29 is 19.2 Å². The first-order chi connectivity index (χ1) is 19.2. The molecule has 6 nitrogen and oxygen atoms in total. The highest BCUT2D eigenvalue weighted by molar-refractivity contribution is 6.64. The highest BCUT2D eigenvalue weighted by atomic mass is 16.2. The number of carbonyl (C=O) groups excluding carboxylic acids is 4. The minimum Gasteiger partial charge on any atom is -0.358 e. The molecule has 1 aliphatic rings. The minimum absolute atomic E-state index is 0.491. The van der Waals surface area contributed by atoms with Crippen molar-refractivity contribution in [3.8, 4) is 0 Å². The number of aryl methyl sites for hydroxylation is 2. The van der Waals surface area contributed by atoms with E-state index in [0.29, 0.717) is 46.6 Å². The largest absolute Gasteiger partial charge is 0.358 e. The van der Waals surface area contributed by atoms with E-state index >= 15 is 0 Å². The molecule has 0 spiro atoms. The fourth-order valence-electron chi connectivity index (χ4n) is 6.20. The summed E-state index contributed by atoms with van der Waals surface area (Å²) < 4.78 is 0. The number of Topliss-reactive ketones (excluding diaryl/α,β-unsaturated/α-hetero) is 4. The van der Waals surface area contributed by atoms with Gasteiger partial charge in [-0.15, -0.1) is 0 Å². The lowest BCUT2D eigenvalue weighted by Gasteiger charge is -2.25. The van der Waals surface area contributed by atoms with Crippen LogP contribution >= 0.6 is 0 Å². The Labute approximate surface area is 234 Å². The van der Waals surface area contributed by atoms with Crippen LogP contribution in [0.2, 0.25) is 0 Å². The predicted octanol–water partition coefficient (Wildman–Crippen LogP) is 6.76. The first kappa shape index (κ1) is 27.8. The van der Waals surface area contributed by atoms with Gasteiger partial charge in [-0.2, -0.15) is 0 Å². The second-order valence-corrected chi connectivity index (χ2v) is 12.0. The van der Waals surface area contributed by atoms with Gasteiger partial charge >= 0.3 is 0 Å². The molecule has 1 aliphatic carbocycles. The van der Waals surface area contributed by atoms with Gasteiger partial charge in [0.25, 0.3) is 0 Å². The normalized spacial score (nSPS) is 18.2. The molecule has 1 fully saturated rings. The van der Waals surface area contributed by atoms with Crippen molar-refractivity contribution in [2.45, 2.75) is 78.1 Å². The second-order valence-electron chi connectivity index (χ2n) is 12.0. The number of ketones is 4. The average Bonchev–Trinajstić information content (AvgIpc) is 3.46. The summed E-state index contributed by atoms with van der Waals surface area (Å²) >= 11 is 0. The molecule has 40 heavy (non-hydrogen) atoms. The number of aromatic nitrogens is 2. The van der Waals surface area contributed by atoms with Gasteiger partial charge in [-0.1, -0.05) is 76.9 Å². The third kappa shape index (κ3) is 5.07. The van der Waals surface area contributed by atoms with Crippen LogP contribution in [0.1, 0.15) is 87.7 Å². The molecule has 0 unspecified atom stereocenters. The first-order valence-electron chi connectivity index (χ1n) is 14.5. The van der Waals surface area contributed by atoms with Crippen LogP contribution in [0.3, 0.4) is 0 Å². The van der Waals surface area contributed by atoms with Gasteiger partial charge in [-0.05, 0) is 60.8 Å². The van der Waals surface area contributed by atoms with Crippen LogP contribution in [0.5, 0.6) is 0 Å². The van der Waals surface area contributed by atoms with Crippen LogP contribution in [0.25, 0.3) is 21.8 Å². The lowest BCUT2D eigenvalue weighted by Crippen LogP contribution is -2.46. The quantitative estimate of drug-likeness (QED) is 0.172. The topological polar surface area (TPSA) is 99.9 Å². The summed E-state index contributed by atoms with van der Waals surface area (Å²) in [7, 11) is 0. The van der Waals surface area contributed by atoms with Gasteiger partial charge < -0.3 is 9.97 Å². The Morgan fingerprint density at radius 1 is 0.575 bits per heavy atom. The molecule has 0 aliphatic heterocycles. The Hall–Kier alpha value is -3.80. The highest BCUT2D eigenvalue weighted by Gasteiger charge is 2.52. The Balaban J connectivity index is 1.56. The molecule has 5 rings (SSSR count). The van der Waals surface area contributed by atoms with E-state index in [4.69, 9.17) is 0 Å².